The lowest BCUT2D eigenvalue weighted by atomic mass is 9.95. The quantitative estimate of drug-likeness (QED) is 0.461. The van der Waals surface area contributed by atoms with Crippen LogP contribution in [-0.4, -0.2) is 66.5 Å². The van der Waals surface area contributed by atoms with Gasteiger partial charge in [-0.25, -0.2) is 4.79 Å². The standard InChI is InChI=1S/C21H30NO5.ClH/c1-3-26-20(24)13-22(2)16-9-10-17(22)12-18(11-16)27-21(25)19(14-23)15-7-5-4-6-8-15;/h4-8,16-19,23H,3,9-14H2,1-2H3;1H/q+1;/p-1. The minimum absolute atomic E-state index is 0. The molecule has 2 heterocycles. The maximum absolute atomic E-state index is 12.6. The van der Waals surface area contributed by atoms with Gasteiger partial charge >= 0.3 is 11.9 Å². The fourth-order valence-corrected chi connectivity index (χ4v) is 4.78. The summed E-state index contributed by atoms with van der Waals surface area (Å²) in [5.41, 5.74) is 0.770. The van der Waals surface area contributed by atoms with Crippen LogP contribution >= 0.6 is 0 Å². The number of aliphatic hydroxyl groups is 1. The predicted octanol–water partition coefficient (Wildman–Crippen LogP) is -0.987. The van der Waals surface area contributed by atoms with Crippen LogP contribution in [0.5, 0.6) is 0 Å². The summed E-state index contributed by atoms with van der Waals surface area (Å²) in [7, 11) is 2.12. The molecular weight excluding hydrogens is 382 g/mol. The Morgan fingerprint density at radius 1 is 1.18 bits per heavy atom. The van der Waals surface area contributed by atoms with Crippen LogP contribution in [0.2, 0.25) is 0 Å². The fraction of sp³-hybridized carbons (Fsp3) is 0.619. The van der Waals surface area contributed by atoms with Crippen molar-refractivity contribution in [2.45, 2.75) is 56.7 Å². The van der Waals surface area contributed by atoms with Gasteiger partial charge in [0.15, 0.2) is 6.54 Å². The van der Waals surface area contributed by atoms with Crippen molar-refractivity contribution in [3.63, 3.8) is 0 Å². The second kappa shape index (κ2) is 9.72. The first-order valence-corrected chi connectivity index (χ1v) is 9.84. The largest absolute Gasteiger partial charge is 1.00 e. The van der Waals surface area contributed by atoms with Crippen molar-refractivity contribution in [1.29, 1.82) is 0 Å². The Labute approximate surface area is 172 Å². The molecule has 2 fully saturated rings. The maximum Gasteiger partial charge on any atom is 0.361 e. The Kier molecular flexibility index (Phi) is 7.87. The number of carbonyl (C=O) groups is 2. The van der Waals surface area contributed by atoms with Crippen molar-refractivity contribution >= 4 is 11.9 Å². The number of rotatable bonds is 7. The zero-order valence-corrected chi connectivity index (χ0v) is 17.3. The summed E-state index contributed by atoms with van der Waals surface area (Å²) in [6, 6.07) is 9.85. The number of halogens is 1. The van der Waals surface area contributed by atoms with Crippen LogP contribution in [0.25, 0.3) is 0 Å². The third-order valence-corrected chi connectivity index (χ3v) is 6.30. The summed E-state index contributed by atoms with van der Waals surface area (Å²) < 4.78 is 11.6. The van der Waals surface area contributed by atoms with E-state index in [2.05, 4.69) is 7.05 Å². The second-order valence-corrected chi connectivity index (χ2v) is 7.87. The van der Waals surface area contributed by atoms with E-state index in [0.717, 1.165) is 31.2 Å². The van der Waals surface area contributed by atoms with Crippen LogP contribution in [0.3, 0.4) is 0 Å². The van der Waals surface area contributed by atoms with Crippen LogP contribution in [0.4, 0.5) is 0 Å². The molecule has 28 heavy (non-hydrogen) atoms. The number of hydrogen-bond donors (Lipinski definition) is 1. The second-order valence-electron chi connectivity index (χ2n) is 7.87. The molecule has 6 nitrogen and oxygen atoms in total. The van der Waals surface area contributed by atoms with Crippen LogP contribution in [0.1, 0.15) is 44.1 Å². The number of nitrogens with zero attached hydrogens (tertiary/aromatic N) is 1. The number of aliphatic hydroxyl groups excluding tert-OH is 1. The zero-order chi connectivity index (χ0) is 19.4. The minimum Gasteiger partial charge on any atom is -1.00 e. The molecule has 3 unspecified atom stereocenters. The van der Waals surface area contributed by atoms with Crippen LogP contribution in [-0.2, 0) is 19.1 Å². The molecule has 2 aliphatic rings. The summed E-state index contributed by atoms with van der Waals surface area (Å²) in [6.07, 6.45) is 3.44. The van der Waals surface area contributed by atoms with Gasteiger partial charge in [-0.3, -0.25) is 4.79 Å². The Morgan fingerprint density at radius 2 is 1.79 bits per heavy atom. The highest BCUT2D eigenvalue weighted by Crippen LogP contribution is 2.42. The van der Waals surface area contributed by atoms with Gasteiger partial charge in [0.1, 0.15) is 12.0 Å². The molecule has 3 atom stereocenters. The van der Waals surface area contributed by atoms with E-state index in [1.165, 1.54) is 0 Å². The summed E-state index contributed by atoms with van der Waals surface area (Å²) in [6.45, 7) is 2.34. The van der Waals surface area contributed by atoms with Crippen LogP contribution < -0.4 is 12.4 Å². The molecule has 0 aliphatic carbocycles. The highest BCUT2D eigenvalue weighted by Gasteiger charge is 2.53. The third-order valence-electron chi connectivity index (χ3n) is 6.30. The number of ether oxygens (including phenoxy) is 2. The maximum atomic E-state index is 12.6. The Hall–Kier alpha value is -1.63. The monoisotopic (exact) mass is 411 g/mol. The molecule has 1 aromatic rings. The molecule has 0 radical (unpaired) electrons. The average Bonchev–Trinajstić information content (AvgIpc) is 2.81. The van der Waals surface area contributed by atoms with Crippen molar-refractivity contribution in [3.8, 4) is 0 Å². The molecule has 0 spiro atoms. The van der Waals surface area contributed by atoms with Gasteiger partial charge in [-0.1, -0.05) is 30.3 Å². The smallest absolute Gasteiger partial charge is 0.361 e. The molecule has 156 valence electrons. The molecule has 2 aliphatic heterocycles. The van der Waals surface area contributed by atoms with E-state index in [1.54, 1.807) is 0 Å². The molecule has 2 bridgehead atoms. The number of quaternary nitrogens is 1. The minimum atomic E-state index is -0.647. The van der Waals surface area contributed by atoms with Gasteiger partial charge < -0.3 is 31.5 Å². The van der Waals surface area contributed by atoms with E-state index in [-0.39, 0.29) is 37.1 Å². The summed E-state index contributed by atoms with van der Waals surface area (Å²) in [5, 5.41) is 9.67. The topological polar surface area (TPSA) is 72.8 Å². The van der Waals surface area contributed by atoms with Crippen molar-refractivity contribution in [2.75, 3.05) is 26.8 Å². The highest BCUT2D eigenvalue weighted by molar-refractivity contribution is 5.78. The lowest BCUT2D eigenvalue weighted by Gasteiger charge is -2.46. The van der Waals surface area contributed by atoms with Gasteiger partial charge in [0.05, 0.1) is 32.3 Å². The molecular formula is C21H30ClNO5. The number of fused-ring (bicyclic) bond motifs is 2. The van der Waals surface area contributed by atoms with Gasteiger partial charge in [0, 0.05) is 25.7 Å². The van der Waals surface area contributed by atoms with E-state index >= 15 is 0 Å². The van der Waals surface area contributed by atoms with Crippen molar-refractivity contribution in [1.82, 2.24) is 0 Å². The third kappa shape index (κ3) is 4.67. The SMILES string of the molecule is CCOC(=O)C[N+]1(C)C2CCC1CC(OC(=O)C(CO)c1ccccc1)C2.[Cl-]. The number of carbonyl (C=O) groups excluding carboxylic acids is 2. The van der Waals surface area contributed by atoms with Gasteiger partial charge in [-0.05, 0) is 12.5 Å². The number of hydrogen-bond acceptors (Lipinski definition) is 5. The van der Waals surface area contributed by atoms with E-state index in [0.29, 0.717) is 29.7 Å². The predicted molar refractivity (Wildman–Crippen MR) is 99.9 cm³/mol. The van der Waals surface area contributed by atoms with Gasteiger partial charge in [0.25, 0.3) is 0 Å². The Morgan fingerprint density at radius 3 is 2.32 bits per heavy atom. The van der Waals surface area contributed by atoms with Gasteiger partial charge in [-0.2, -0.15) is 0 Å². The zero-order valence-electron chi connectivity index (χ0n) is 16.6. The normalized spacial score (nSPS) is 29.5. The average molecular weight is 412 g/mol. The number of benzene rings is 1. The number of esters is 2. The molecule has 3 rings (SSSR count). The lowest BCUT2D eigenvalue weighted by Crippen LogP contribution is -3.00. The summed E-state index contributed by atoms with van der Waals surface area (Å²) >= 11 is 0. The summed E-state index contributed by atoms with van der Waals surface area (Å²) in [4.78, 5) is 24.7. The van der Waals surface area contributed by atoms with E-state index in [1.807, 2.05) is 37.3 Å². The first kappa shape index (κ1) is 22.7. The Bertz CT molecular complexity index is 654. The van der Waals surface area contributed by atoms with E-state index in [4.69, 9.17) is 9.47 Å². The summed E-state index contributed by atoms with van der Waals surface area (Å²) in [5.74, 6) is -1.17. The van der Waals surface area contributed by atoms with Crippen molar-refractivity contribution < 1.29 is 41.1 Å². The number of likely N-dealkylation sites (N-methyl/N-ethyl adjacent to an activating group) is 1. The van der Waals surface area contributed by atoms with Crippen molar-refractivity contribution in [3.05, 3.63) is 35.9 Å². The highest BCUT2D eigenvalue weighted by atomic mass is 35.5. The molecule has 0 saturated carbocycles. The molecule has 0 amide bonds. The van der Waals surface area contributed by atoms with Crippen molar-refractivity contribution in [2.24, 2.45) is 0 Å². The first-order valence-electron chi connectivity index (χ1n) is 9.84. The van der Waals surface area contributed by atoms with Gasteiger partial charge in [-0.15, -0.1) is 0 Å². The van der Waals surface area contributed by atoms with Crippen LogP contribution in [0.15, 0.2) is 30.3 Å². The number of piperidine rings is 1. The molecule has 1 aromatic carbocycles. The molecule has 1 N–H and O–H groups in total. The first-order chi connectivity index (χ1) is 13.0. The lowest BCUT2D eigenvalue weighted by molar-refractivity contribution is -0.942. The molecule has 2 saturated heterocycles. The van der Waals surface area contributed by atoms with E-state index in [9.17, 15) is 14.7 Å². The molecule has 7 heteroatoms. The van der Waals surface area contributed by atoms with Gasteiger partial charge in [0.2, 0.25) is 0 Å². The van der Waals surface area contributed by atoms with E-state index < -0.39 is 5.92 Å². The fourth-order valence-electron chi connectivity index (χ4n) is 4.78. The Balaban J connectivity index is 0.00000280. The molecule has 0 aromatic heterocycles. The van der Waals surface area contributed by atoms with Crippen LogP contribution in [0, 0.1) is 0 Å².